The fraction of sp³-hybridized carbons (Fsp3) is 0.241. The van der Waals surface area contributed by atoms with E-state index in [1.54, 1.807) is 18.2 Å². The van der Waals surface area contributed by atoms with Crippen molar-refractivity contribution in [2.24, 2.45) is 0 Å². The van der Waals surface area contributed by atoms with Crippen LogP contribution >= 0.6 is 0 Å². The van der Waals surface area contributed by atoms with Crippen LogP contribution in [0, 0.1) is 0 Å². The zero-order valence-electron chi connectivity index (χ0n) is 19.7. The molecule has 0 bridgehead atoms. The average molecular weight is 505 g/mol. The lowest BCUT2D eigenvalue weighted by atomic mass is 9.77. The number of benzene rings is 3. The third-order valence-electron chi connectivity index (χ3n) is 7.44. The highest BCUT2D eigenvalue weighted by atomic mass is 19.4. The molecule has 4 heterocycles. The second-order valence-corrected chi connectivity index (χ2v) is 9.62. The molecular formula is C29H22F3NO4. The molecule has 3 aliphatic rings. The van der Waals surface area contributed by atoms with Gasteiger partial charge in [-0.25, -0.2) is 0 Å². The molecule has 0 saturated carbocycles. The Hall–Kier alpha value is -3.91. The molecule has 5 nitrogen and oxygen atoms in total. The van der Waals surface area contributed by atoms with Gasteiger partial charge in [0.1, 0.15) is 29.6 Å². The van der Waals surface area contributed by atoms with Gasteiger partial charge in [-0.2, -0.15) is 13.2 Å². The van der Waals surface area contributed by atoms with Gasteiger partial charge in [-0.1, -0.05) is 36.4 Å². The Labute approximate surface area is 211 Å². The number of rotatable bonds is 3. The van der Waals surface area contributed by atoms with Crippen molar-refractivity contribution in [2.45, 2.75) is 24.7 Å². The Morgan fingerprint density at radius 2 is 1.70 bits per heavy atom. The first-order chi connectivity index (χ1) is 17.9. The van der Waals surface area contributed by atoms with Crippen molar-refractivity contribution < 1.29 is 31.8 Å². The minimum absolute atomic E-state index is 0.0337. The lowest BCUT2D eigenvalue weighted by Crippen LogP contribution is -2.35. The Kier molecular flexibility index (Phi) is 4.85. The Morgan fingerprint density at radius 1 is 0.865 bits per heavy atom. The monoisotopic (exact) mass is 505 g/mol. The SMILES string of the molecule is FC(F)(F)c1ccccc1-c1ccc(CN2CC3(COc4cc5c(cc43)OCOC5)c3ccccc32)o1. The summed E-state index contributed by atoms with van der Waals surface area (Å²) in [5.74, 6) is 2.42. The van der Waals surface area contributed by atoms with Crippen LogP contribution in [0.25, 0.3) is 11.3 Å². The molecule has 0 N–H and O–H groups in total. The molecule has 188 valence electrons. The first-order valence-corrected chi connectivity index (χ1v) is 12.0. The molecule has 1 atom stereocenters. The maximum absolute atomic E-state index is 13.6. The van der Waals surface area contributed by atoms with Gasteiger partial charge in [0.15, 0.2) is 6.79 Å². The Balaban J connectivity index is 1.23. The zero-order chi connectivity index (χ0) is 25.2. The average Bonchev–Trinajstić information content (AvgIpc) is 3.60. The maximum Gasteiger partial charge on any atom is 0.417 e. The number of halogens is 3. The predicted octanol–water partition coefficient (Wildman–Crippen LogP) is 6.53. The molecule has 0 radical (unpaired) electrons. The van der Waals surface area contributed by atoms with E-state index in [0.717, 1.165) is 39.9 Å². The second kappa shape index (κ2) is 8.05. The van der Waals surface area contributed by atoms with Gasteiger partial charge in [-0.3, -0.25) is 0 Å². The van der Waals surface area contributed by atoms with E-state index < -0.39 is 11.7 Å². The number of hydrogen-bond donors (Lipinski definition) is 0. The first-order valence-electron chi connectivity index (χ1n) is 12.0. The van der Waals surface area contributed by atoms with Crippen molar-refractivity contribution in [1.82, 2.24) is 0 Å². The molecule has 0 aliphatic carbocycles. The number of fused-ring (bicyclic) bond motifs is 5. The highest BCUT2D eigenvalue weighted by Gasteiger charge is 2.50. The normalized spacial score (nSPS) is 19.8. The van der Waals surface area contributed by atoms with Crippen LogP contribution in [-0.2, 0) is 29.5 Å². The molecule has 1 spiro atoms. The molecular weight excluding hydrogens is 483 g/mol. The number of furan rings is 1. The topological polar surface area (TPSA) is 44.1 Å². The van der Waals surface area contributed by atoms with Crippen molar-refractivity contribution in [2.75, 3.05) is 24.8 Å². The van der Waals surface area contributed by atoms with E-state index in [9.17, 15) is 13.2 Å². The smallest absolute Gasteiger partial charge is 0.417 e. The molecule has 7 rings (SSSR count). The van der Waals surface area contributed by atoms with Crippen LogP contribution in [0.2, 0.25) is 0 Å². The number of nitrogens with zero attached hydrogens (tertiary/aromatic N) is 1. The fourth-order valence-electron chi connectivity index (χ4n) is 5.76. The Bertz CT molecular complexity index is 1510. The number of alkyl halides is 3. The molecule has 0 saturated heterocycles. The van der Waals surface area contributed by atoms with Gasteiger partial charge in [0.05, 0.1) is 24.1 Å². The minimum Gasteiger partial charge on any atom is -0.492 e. The summed E-state index contributed by atoms with van der Waals surface area (Å²) in [6.07, 6.45) is -4.46. The van der Waals surface area contributed by atoms with Crippen LogP contribution in [-0.4, -0.2) is 19.9 Å². The van der Waals surface area contributed by atoms with Crippen molar-refractivity contribution in [1.29, 1.82) is 0 Å². The molecule has 0 fully saturated rings. The maximum atomic E-state index is 13.6. The molecule has 1 aromatic heterocycles. The Morgan fingerprint density at radius 3 is 2.59 bits per heavy atom. The summed E-state index contributed by atoms with van der Waals surface area (Å²) in [7, 11) is 0. The predicted molar refractivity (Wildman–Crippen MR) is 130 cm³/mol. The second-order valence-electron chi connectivity index (χ2n) is 9.62. The molecule has 3 aromatic carbocycles. The molecule has 1 unspecified atom stereocenters. The van der Waals surface area contributed by atoms with Crippen molar-refractivity contribution in [3.63, 3.8) is 0 Å². The first kappa shape index (κ1) is 22.3. The summed E-state index contributed by atoms with van der Waals surface area (Å²) in [6, 6.07) is 21.1. The van der Waals surface area contributed by atoms with Crippen molar-refractivity contribution in [3.05, 3.63) is 101 Å². The highest BCUT2D eigenvalue weighted by Crippen LogP contribution is 2.53. The molecule has 8 heteroatoms. The van der Waals surface area contributed by atoms with Crippen LogP contribution in [0.5, 0.6) is 11.5 Å². The molecule has 37 heavy (non-hydrogen) atoms. The number of ether oxygens (including phenoxy) is 3. The van der Waals surface area contributed by atoms with Crippen LogP contribution in [0.4, 0.5) is 18.9 Å². The van der Waals surface area contributed by atoms with Crippen molar-refractivity contribution in [3.8, 4) is 22.8 Å². The van der Waals surface area contributed by atoms with Gasteiger partial charge < -0.3 is 23.5 Å². The third-order valence-corrected chi connectivity index (χ3v) is 7.44. The van der Waals surface area contributed by atoms with E-state index in [-0.39, 0.29) is 23.5 Å². The summed E-state index contributed by atoms with van der Waals surface area (Å²) in [4.78, 5) is 2.20. The zero-order valence-corrected chi connectivity index (χ0v) is 19.7. The molecule has 4 aromatic rings. The van der Waals surface area contributed by atoms with E-state index in [1.165, 1.54) is 12.1 Å². The van der Waals surface area contributed by atoms with Gasteiger partial charge in [0, 0.05) is 28.9 Å². The minimum atomic E-state index is -4.46. The highest BCUT2D eigenvalue weighted by molar-refractivity contribution is 5.70. The summed E-state index contributed by atoms with van der Waals surface area (Å²) >= 11 is 0. The van der Waals surface area contributed by atoms with E-state index in [2.05, 4.69) is 23.1 Å². The van der Waals surface area contributed by atoms with Gasteiger partial charge in [0.2, 0.25) is 0 Å². The third kappa shape index (κ3) is 3.50. The summed E-state index contributed by atoms with van der Waals surface area (Å²) < 4.78 is 64.0. The van der Waals surface area contributed by atoms with Gasteiger partial charge in [0.25, 0.3) is 0 Å². The number of para-hydroxylation sites is 1. The van der Waals surface area contributed by atoms with Gasteiger partial charge in [-0.15, -0.1) is 0 Å². The summed E-state index contributed by atoms with van der Waals surface area (Å²) in [5, 5.41) is 0. The summed E-state index contributed by atoms with van der Waals surface area (Å²) in [6.45, 7) is 2.25. The van der Waals surface area contributed by atoms with Crippen LogP contribution in [0.15, 0.2) is 77.2 Å². The summed E-state index contributed by atoms with van der Waals surface area (Å²) in [5.41, 5.74) is 3.17. The lowest BCUT2D eigenvalue weighted by Gasteiger charge is -2.26. The molecule has 3 aliphatic heterocycles. The van der Waals surface area contributed by atoms with E-state index >= 15 is 0 Å². The lowest BCUT2D eigenvalue weighted by molar-refractivity contribution is -0.137. The standard InChI is InChI=1S/C29H22F3NO4/c30-29(31,32)21-6-2-1-5-20(21)25-10-9-19(37-25)13-33-15-28(22-7-3-4-8-24(22)33)16-35-27-11-18-14-34-17-36-26(18)12-23(27)28/h1-12H,13-17H2. The largest absolute Gasteiger partial charge is 0.492 e. The van der Waals surface area contributed by atoms with Crippen molar-refractivity contribution >= 4 is 5.69 Å². The van der Waals surface area contributed by atoms with Crippen LogP contribution in [0.3, 0.4) is 0 Å². The molecule has 0 amide bonds. The van der Waals surface area contributed by atoms with Crippen LogP contribution in [0.1, 0.15) is 28.0 Å². The van der Waals surface area contributed by atoms with E-state index in [4.69, 9.17) is 18.6 Å². The van der Waals surface area contributed by atoms with E-state index in [0.29, 0.717) is 32.1 Å². The van der Waals surface area contributed by atoms with Gasteiger partial charge in [-0.05, 0) is 42.0 Å². The van der Waals surface area contributed by atoms with Crippen LogP contribution < -0.4 is 14.4 Å². The number of anilines is 1. The quantitative estimate of drug-likeness (QED) is 0.317. The fourth-order valence-corrected chi connectivity index (χ4v) is 5.76. The van der Waals surface area contributed by atoms with Gasteiger partial charge >= 0.3 is 6.18 Å². The van der Waals surface area contributed by atoms with E-state index in [1.807, 2.05) is 18.2 Å². The number of hydrogen-bond acceptors (Lipinski definition) is 5.